The first-order valence-electron chi connectivity index (χ1n) is 10.4. The number of ether oxygens (including phenoxy) is 1. The molecule has 1 aliphatic rings. The maximum absolute atomic E-state index is 13.2. The summed E-state index contributed by atoms with van der Waals surface area (Å²) in [6.45, 7) is 3.28. The van der Waals surface area contributed by atoms with Crippen LogP contribution in [0.2, 0.25) is 0 Å². The summed E-state index contributed by atoms with van der Waals surface area (Å²) >= 11 is 0. The second-order valence-corrected chi connectivity index (χ2v) is 7.76. The molecular formula is C24H27N3O5. The Kier molecular flexibility index (Phi) is 6.92. The quantitative estimate of drug-likeness (QED) is 0.488. The molecule has 4 amide bonds. The minimum atomic E-state index is -1.21. The van der Waals surface area contributed by atoms with Gasteiger partial charge < -0.3 is 15.4 Å². The molecule has 2 atom stereocenters. The van der Waals surface area contributed by atoms with E-state index < -0.39 is 41.9 Å². The van der Waals surface area contributed by atoms with Gasteiger partial charge in [-0.05, 0) is 24.5 Å². The number of hydrogen-bond acceptors (Lipinski definition) is 5. The second kappa shape index (κ2) is 9.64. The number of nitrogens with one attached hydrogen (secondary N) is 2. The maximum atomic E-state index is 13.2. The molecule has 1 heterocycles. The summed E-state index contributed by atoms with van der Waals surface area (Å²) in [5.74, 6) is -1.52. The SMILES string of the molecule is CCC1(c2ccccc2)NC(=O)N(CC(=O)NC(CC(=O)OC)c2ccc(C)cc2)C1=O. The Morgan fingerprint density at radius 1 is 1.09 bits per heavy atom. The normalized spacial score (nSPS) is 18.8. The molecule has 0 spiro atoms. The number of benzene rings is 2. The van der Waals surface area contributed by atoms with Gasteiger partial charge in [-0.2, -0.15) is 0 Å². The molecule has 0 bridgehead atoms. The molecule has 1 aliphatic heterocycles. The molecule has 1 saturated heterocycles. The number of carbonyl (C=O) groups is 4. The van der Waals surface area contributed by atoms with Crippen molar-refractivity contribution in [2.45, 2.75) is 38.3 Å². The van der Waals surface area contributed by atoms with Crippen molar-refractivity contribution in [3.8, 4) is 0 Å². The van der Waals surface area contributed by atoms with E-state index in [0.29, 0.717) is 12.0 Å². The molecule has 32 heavy (non-hydrogen) atoms. The summed E-state index contributed by atoms with van der Waals surface area (Å²) in [5.41, 5.74) is 1.21. The highest BCUT2D eigenvalue weighted by Crippen LogP contribution is 2.32. The molecule has 0 saturated carbocycles. The number of hydrogen-bond donors (Lipinski definition) is 2. The van der Waals surface area contributed by atoms with Crippen molar-refractivity contribution in [1.29, 1.82) is 0 Å². The molecule has 0 aliphatic carbocycles. The highest BCUT2D eigenvalue weighted by molar-refractivity contribution is 6.09. The standard InChI is InChI=1S/C24H27N3O5/c1-4-24(18-8-6-5-7-9-18)22(30)27(23(31)26-24)15-20(28)25-19(14-21(29)32-3)17-12-10-16(2)11-13-17/h5-13,19H,4,14-15H2,1-3H3,(H,25,28)(H,26,31). The van der Waals surface area contributed by atoms with Crippen molar-refractivity contribution in [2.24, 2.45) is 0 Å². The number of nitrogens with zero attached hydrogens (tertiary/aromatic N) is 1. The van der Waals surface area contributed by atoms with Gasteiger partial charge >= 0.3 is 12.0 Å². The van der Waals surface area contributed by atoms with Crippen LogP contribution in [-0.2, 0) is 24.7 Å². The van der Waals surface area contributed by atoms with Gasteiger partial charge in [0, 0.05) is 0 Å². The van der Waals surface area contributed by atoms with Crippen molar-refractivity contribution in [1.82, 2.24) is 15.5 Å². The van der Waals surface area contributed by atoms with Crippen LogP contribution in [0.25, 0.3) is 0 Å². The van der Waals surface area contributed by atoms with Crippen molar-refractivity contribution in [2.75, 3.05) is 13.7 Å². The molecule has 168 valence electrons. The first-order valence-corrected chi connectivity index (χ1v) is 10.4. The molecule has 8 nitrogen and oxygen atoms in total. The minimum absolute atomic E-state index is 0.0750. The molecule has 0 aromatic heterocycles. The van der Waals surface area contributed by atoms with E-state index in [1.54, 1.807) is 31.2 Å². The molecule has 2 unspecified atom stereocenters. The minimum Gasteiger partial charge on any atom is -0.469 e. The van der Waals surface area contributed by atoms with E-state index in [4.69, 9.17) is 4.74 Å². The highest BCUT2D eigenvalue weighted by Gasteiger charge is 2.51. The van der Waals surface area contributed by atoms with Gasteiger partial charge in [0.1, 0.15) is 12.1 Å². The van der Waals surface area contributed by atoms with Gasteiger partial charge in [0.25, 0.3) is 5.91 Å². The molecular weight excluding hydrogens is 410 g/mol. The summed E-state index contributed by atoms with van der Waals surface area (Å²) in [4.78, 5) is 51.4. The number of amides is 4. The summed E-state index contributed by atoms with van der Waals surface area (Å²) in [6, 6.07) is 15.1. The molecule has 8 heteroatoms. The monoisotopic (exact) mass is 437 g/mol. The number of aryl methyl sites for hydroxylation is 1. The fourth-order valence-electron chi connectivity index (χ4n) is 3.82. The Labute approximate surface area is 186 Å². The number of carbonyl (C=O) groups excluding carboxylic acids is 4. The van der Waals surface area contributed by atoms with Crippen molar-refractivity contribution < 1.29 is 23.9 Å². The van der Waals surface area contributed by atoms with Gasteiger partial charge in [-0.1, -0.05) is 67.1 Å². The van der Waals surface area contributed by atoms with Crippen LogP contribution in [0.1, 0.15) is 42.5 Å². The van der Waals surface area contributed by atoms with Crippen LogP contribution >= 0.6 is 0 Å². The Balaban J connectivity index is 1.77. The van der Waals surface area contributed by atoms with Crippen LogP contribution in [0.15, 0.2) is 54.6 Å². The van der Waals surface area contributed by atoms with Gasteiger partial charge in [-0.25, -0.2) is 4.79 Å². The van der Waals surface area contributed by atoms with Crippen LogP contribution in [0.5, 0.6) is 0 Å². The predicted octanol–water partition coefficient (Wildman–Crippen LogP) is 2.57. The number of urea groups is 1. The second-order valence-electron chi connectivity index (χ2n) is 7.76. The lowest BCUT2D eigenvalue weighted by atomic mass is 9.87. The summed E-state index contributed by atoms with van der Waals surface area (Å²) in [5, 5.41) is 5.51. The number of esters is 1. The number of imide groups is 1. The number of methoxy groups -OCH3 is 1. The van der Waals surface area contributed by atoms with Gasteiger partial charge in [0.2, 0.25) is 5.91 Å². The predicted molar refractivity (Wildman–Crippen MR) is 117 cm³/mol. The van der Waals surface area contributed by atoms with Crippen molar-refractivity contribution in [3.05, 3.63) is 71.3 Å². The van der Waals surface area contributed by atoms with Crippen LogP contribution in [0.3, 0.4) is 0 Å². The molecule has 0 radical (unpaired) electrons. The average molecular weight is 437 g/mol. The number of rotatable bonds is 8. The van der Waals surface area contributed by atoms with Gasteiger partial charge in [0.15, 0.2) is 0 Å². The third kappa shape index (κ3) is 4.64. The summed E-state index contributed by atoms with van der Waals surface area (Å²) in [7, 11) is 1.28. The first kappa shape index (κ1) is 23.0. The van der Waals surface area contributed by atoms with E-state index in [2.05, 4.69) is 10.6 Å². The van der Waals surface area contributed by atoms with E-state index in [1.807, 2.05) is 37.3 Å². The molecule has 3 rings (SSSR count). The molecule has 2 N–H and O–H groups in total. The third-order valence-electron chi connectivity index (χ3n) is 5.69. The summed E-state index contributed by atoms with van der Waals surface area (Å²) < 4.78 is 4.75. The lowest BCUT2D eigenvalue weighted by molar-refractivity contribution is -0.141. The fraction of sp³-hybridized carbons (Fsp3) is 0.333. The van der Waals surface area contributed by atoms with Crippen LogP contribution < -0.4 is 10.6 Å². The van der Waals surface area contributed by atoms with Crippen LogP contribution in [0.4, 0.5) is 4.79 Å². The zero-order valence-corrected chi connectivity index (χ0v) is 18.4. The van der Waals surface area contributed by atoms with E-state index in [-0.39, 0.29) is 6.42 Å². The highest BCUT2D eigenvalue weighted by atomic mass is 16.5. The Hall–Kier alpha value is -3.68. The Morgan fingerprint density at radius 3 is 2.34 bits per heavy atom. The van der Waals surface area contributed by atoms with Gasteiger partial charge in [-0.3, -0.25) is 19.3 Å². The van der Waals surface area contributed by atoms with Gasteiger partial charge in [-0.15, -0.1) is 0 Å². The van der Waals surface area contributed by atoms with Crippen LogP contribution in [0, 0.1) is 6.92 Å². The van der Waals surface area contributed by atoms with E-state index >= 15 is 0 Å². The molecule has 2 aromatic rings. The van der Waals surface area contributed by atoms with E-state index in [0.717, 1.165) is 16.0 Å². The largest absolute Gasteiger partial charge is 0.469 e. The maximum Gasteiger partial charge on any atom is 0.325 e. The molecule has 1 fully saturated rings. The lowest BCUT2D eigenvalue weighted by Gasteiger charge is -2.26. The van der Waals surface area contributed by atoms with Crippen LogP contribution in [-0.4, -0.2) is 42.4 Å². The topological polar surface area (TPSA) is 105 Å². The Bertz CT molecular complexity index is 1010. The van der Waals surface area contributed by atoms with E-state index in [1.165, 1.54) is 7.11 Å². The smallest absolute Gasteiger partial charge is 0.325 e. The van der Waals surface area contributed by atoms with E-state index in [9.17, 15) is 19.2 Å². The lowest BCUT2D eigenvalue weighted by Crippen LogP contribution is -2.45. The Morgan fingerprint density at radius 2 is 1.75 bits per heavy atom. The first-order chi connectivity index (χ1) is 15.3. The molecule has 2 aromatic carbocycles. The van der Waals surface area contributed by atoms with Crippen molar-refractivity contribution >= 4 is 23.8 Å². The zero-order chi connectivity index (χ0) is 23.3. The average Bonchev–Trinajstić information content (AvgIpc) is 3.04. The summed E-state index contributed by atoms with van der Waals surface area (Å²) in [6.07, 6.45) is 0.266. The third-order valence-corrected chi connectivity index (χ3v) is 5.69. The zero-order valence-electron chi connectivity index (χ0n) is 18.4. The van der Waals surface area contributed by atoms with Gasteiger partial charge in [0.05, 0.1) is 19.6 Å². The fourth-order valence-corrected chi connectivity index (χ4v) is 3.82. The van der Waals surface area contributed by atoms with Crippen molar-refractivity contribution in [3.63, 3.8) is 0 Å².